The second-order valence-electron chi connectivity index (χ2n) is 6.35. The number of hydrogen-bond donors (Lipinski definition) is 2. The molecule has 0 bridgehead atoms. The van der Waals surface area contributed by atoms with Gasteiger partial charge < -0.3 is 4.74 Å². The Balaban J connectivity index is 3.04. The first-order valence-corrected chi connectivity index (χ1v) is 10.3. The van der Waals surface area contributed by atoms with E-state index >= 15 is 0 Å². The second kappa shape index (κ2) is 18.3. The van der Waals surface area contributed by atoms with Crippen molar-refractivity contribution in [1.82, 2.24) is 3.71 Å². The summed E-state index contributed by atoms with van der Waals surface area (Å²) < 4.78 is 5.82. The molecular formula is C18H37NO2S2. The van der Waals surface area contributed by atoms with Crippen LogP contribution in [-0.4, -0.2) is 16.4 Å². The summed E-state index contributed by atoms with van der Waals surface area (Å²) in [5.41, 5.74) is 0. The van der Waals surface area contributed by atoms with Crippen LogP contribution in [0.4, 0.5) is 4.79 Å². The van der Waals surface area contributed by atoms with Crippen LogP contribution in [-0.2, 0) is 4.74 Å². The Morgan fingerprint density at radius 1 is 0.696 bits per heavy atom. The first-order chi connectivity index (χ1) is 11.2. The number of amides is 1. The van der Waals surface area contributed by atoms with Gasteiger partial charge in [-0.05, 0) is 32.1 Å². The summed E-state index contributed by atoms with van der Waals surface area (Å²) in [6, 6.07) is 0. The van der Waals surface area contributed by atoms with Gasteiger partial charge in [-0.25, -0.2) is 4.79 Å². The highest BCUT2D eigenvalue weighted by atomic mass is 32.2. The number of rotatable bonds is 16. The fourth-order valence-corrected chi connectivity index (χ4v) is 2.81. The molecule has 0 atom stereocenters. The molecule has 0 rings (SSSR count). The van der Waals surface area contributed by atoms with Crippen LogP contribution < -0.4 is 0 Å². The highest BCUT2D eigenvalue weighted by Crippen LogP contribution is 2.13. The molecule has 0 fully saturated rings. The molecule has 0 saturated carbocycles. The molecule has 138 valence electrons. The molecular weight excluding hydrogens is 326 g/mol. The Morgan fingerprint density at radius 3 is 1.39 bits per heavy atom. The molecule has 1 amide bonds. The zero-order valence-electron chi connectivity index (χ0n) is 15.0. The molecule has 0 aromatic rings. The van der Waals surface area contributed by atoms with Crippen LogP contribution in [0, 0.1) is 0 Å². The Labute approximate surface area is 155 Å². The highest BCUT2D eigenvalue weighted by molar-refractivity contribution is 7.94. The minimum atomic E-state index is -0.498. The van der Waals surface area contributed by atoms with E-state index in [0.717, 1.165) is 16.6 Å². The Morgan fingerprint density at radius 2 is 1.04 bits per heavy atom. The van der Waals surface area contributed by atoms with Gasteiger partial charge >= 0.3 is 6.09 Å². The molecule has 0 unspecified atom stereocenters. The number of unbranched alkanes of at least 4 members (excludes halogenated alkanes) is 14. The number of hydrogen-bond acceptors (Lipinski definition) is 4. The van der Waals surface area contributed by atoms with E-state index in [4.69, 9.17) is 4.74 Å². The zero-order valence-corrected chi connectivity index (χ0v) is 16.8. The lowest BCUT2D eigenvalue weighted by Crippen LogP contribution is -2.13. The van der Waals surface area contributed by atoms with Crippen molar-refractivity contribution < 1.29 is 9.53 Å². The molecule has 0 radical (unpaired) electrons. The second-order valence-corrected chi connectivity index (χ2v) is 7.47. The maximum atomic E-state index is 11.0. The molecule has 0 aliphatic heterocycles. The molecule has 0 spiro atoms. The fourth-order valence-electron chi connectivity index (χ4n) is 2.69. The zero-order chi connectivity index (χ0) is 17.2. The van der Waals surface area contributed by atoms with Crippen LogP contribution in [0.3, 0.4) is 0 Å². The van der Waals surface area contributed by atoms with Crippen LogP contribution in [0.5, 0.6) is 0 Å². The maximum Gasteiger partial charge on any atom is 0.429 e. The first kappa shape index (κ1) is 23.0. The predicted octanol–water partition coefficient (Wildman–Crippen LogP) is 6.99. The summed E-state index contributed by atoms with van der Waals surface area (Å²) in [7, 11) is 0. The molecule has 5 heteroatoms. The molecule has 0 N–H and O–H groups in total. The average Bonchev–Trinajstić information content (AvgIpc) is 2.54. The van der Waals surface area contributed by atoms with Gasteiger partial charge in [-0.15, -0.1) is 0 Å². The SMILES string of the molecule is CCCCCCCCCCCCCCCCCOC(=O)N(S)S. The third kappa shape index (κ3) is 18.2. The first-order valence-electron chi connectivity index (χ1n) is 9.53. The lowest BCUT2D eigenvalue weighted by Gasteiger charge is -2.08. The van der Waals surface area contributed by atoms with Crippen LogP contribution in [0.1, 0.15) is 103 Å². The van der Waals surface area contributed by atoms with Crippen molar-refractivity contribution in [3.05, 3.63) is 0 Å². The van der Waals surface area contributed by atoms with E-state index < -0.39 is 6.09 Å². The monoisotopic (exact) mass is 363 g/mol. The molecule has 0 saturated heterocycles. The lowest BCUT2D eigenvalue weighted by molar-refractivity contribution is 0.140. The smallest absolute Gasteiger partial charge is 0.429 e. The van der Waals surface area contributed by atoms with E-state index in [1.165, 1.54) is 83.5 Å². The van der Waals surface area contributed by atoms with Gasteiger partial charge in [-0.2, -0.15) is 3.71 Å². The summed E-state index contributed by atoms with van der Waals surface area (Å²) >= 11 is 7.49. The Bertz CT molecular complexity index is 263. The number of ether oxygens (including phenoxy) is 1. The quantitative estimate of drug-likeness (QED) is 0.229. The molecule has 0 aliphatic carbocycles. The van der Waals surface area contributed by atoms with Crippen molar-refractivity contribution in [2.75, 3.05) is 6.61 Å². The third-order valence-electron chi connectivity index (χ3n) is 4.14. The number of thiol groups is 2. The summed E-state index contributed by atoms with van der Waals surface area (Å²) in [6.07, 6.45) is 19.5. The maximum absolute atomic E-state index is 11.0. The minimum absolute atomic E-state index is 0.467. The van der Waals surface area contributed by atoms with Crippen molar-refractivity contribution in [2.45, 2.75) is 103 Å². The third-order valence-corrected chi connectivity index (χ3v) is 4.46. The van der Waals surface area contributed by atoms with Crippen molar-refractivity contribution in [3.8, 4) is 0 Å². The fraction of sp³-hybridized carbons (Fsp3) is 0.944. The summed E-state index contributed by atoms with van der Waals surface area (Å²) in [5, 5.41) is 0. The van der Waals surface area contributed by atoms with Crippen molar-refractivity contribution in [2.24, 2.45) is 0 Å². The predicted molar refractivity (Wildman–Crippen MR) is 106 cm³/mol. The van der Waals surface area contributed by atoms with E-state index in [9.17, 15) is 4.79 Å². The van der Waals surface area contributed by atoms with E-state index in [1.54, 1.807) is 0 Å². The van der Waals surface area contributed by atoms with Crippen molar-refractivity contribution in [1.29, 1.82) is 0 Å². The van der Waals surface area contributed by atoms with E-state index in [2.05, 4.69) is 32.6 Å². The summed E-state index contributed by atoms with van der Waals surface area (Å²) in [6.45, 7) is 2.74. The van der Waals surface area contributed by atoms with Crippen LogP contribution in [0.15, 0.2) is 0 Å². The molecule has 0 aliphatic rings. The standard InChI is InChI=1S/C18H37NO2S2/c1-2-3-4-5-6-7-8-9-10-11-12-13-14-15-16-17-21-18(20)19(22)23/h22-23H,2-17H2,1H3. The molecule has 0 aromatic carbocycles. The van der Waals surface area contributed by atoms with Gasteiger partial charge in [-0.3, -0.25) is 0 Å². The summed E-state index contributed by atoms with van der Waals surface area (Å²) in [5.74, 6) is 0. The largest absolute Gasteiger partial charge is 0.448 e. The lowest BCUT2D eigenvalue weighted by atomic mass is 10.0. The van der Waals surface area contributed by atoms with Gasteiger partial charge in [0.25, 0.3) is 0 Å². The molecule has 23 heavy (non-hydrogen) atoms. The van der Waals surface area contributed by atoms with Gasteiger partial charge in [0.15, 0.2) is 0 Å². The topological polar surface area (TPSA) is 29.5 Å². The van der Waals surface area contributed by atoms with Gasteiger partial charge in [0.05, 0.1) is 6.61 Å². The molecule has 0 heterocycles. The molecule has 3 nitrogen and oxygen atoms in total. The van der Waals surface area contributed by atoms with Crippen LogP contribution >= 0.6 is 25.6 Å². The van der Waals surface area contributed by atoms with E-state index in [-0.39, 0.29) is 0 Å². The van der Waals surface area contributed by atoms with Gasteiger partial charge in [-0.1, -0.05) is 96.8 Å². The number of carbonyl (C=O) groups excluding carboxylic acids is 1. The van der Waals surface area contributed by atoms with Crippen molar-refractivity contribution in [3.63, 3.8) is 0 Å². The van der Waals surface area contributed by atoms with E-state index in [0.29, 0.717) is 6.61 Å². The number of nitrogens with zero attached hydrogens (tertiary/aromatic N) is 1. The van der Waals surface area contributed by atoms with Gasteiger partial charge in [0.1, 0.15) is 0 Å². The van der Waals surface area contributed by atoms with Crippen molar-refractivity contribution >= 4 is 31.7 Å². The summed E-state index contributed by atoms with van der Waals surface area (Å²) in [4.78, 5) is 11.0. The van der Waals surface area contributed by atoms with Gasteiger partial charge in [0, 0.05) is 0 Å². The van der Waals surface area contributed by atoms with Crippen LogP contribution in [0.25, 0.3) is 0 Å². The van der Waals surface area contributed by atoms with Gasteiger partial charge in [0.2, 0.25) is 0 Å². The van der Waals surface area contributed by atoms with E-state index in [1.807, 2.05) is 0 Å². The highest BCUT2D eigenvalue weighted by Gasteiger charge is 2.05. The Hall–Kier alpha value is -0.0300. The normalized spacial score (nSPS) is 10.7. The molecule has 0 aromatic heterocycles. The number of carbonyl (C=O) groups is 1. The average molecular weight is 364 g/mol. The Kier molecular flexibility index (Phi) is 18.3. The minimum Gasteiger partial charge on any atom is -0.448 e. The van der Waals surface area contributed by atoms with Crippen LogP contribution in [0.2, 0.25) is 0 Å².